The zero-order valence-corrected chi connectivity index (χ0v) is 28.5. The van der Waals surface area contributed by atoms with E-state index >= 15 is 0 Å². The summed E-state index contributed by atoms with van der Waals surface area (Å²) in [5.74, 6) is 2.37. The molecule has 1 atom stereocenters. The molecule has 1 heterocycles. The normalized spacial score (nSPS) is 14.8. The van der Waals surface area contributed by atoms with E-state index in [0.29, 0.717) is 53.6 Å². The highest BCUT2D eigenvalue weighted by Crippen LogP contribution is 2.48. The number of allylic oxidation sites excluding steroid dienone is 2. The average molecular weight is 635 g/mol. The Hall–Kier alpha value is -4.53. The number of ether oxygens (including phenoxy) is 5. The van der Waals surface area contributed by atoms with Crippen molar-refractivity contribution in [3.05, 3.63) is 73.0 Å². The van der Waals surface area contributed by atoms with E-state index in [4.69, 9.17) is 34.7 Å². The summed E-state index contributed by atoms with van der Waals surface area (Å²) in [5.41, 5.74) is 20.7. The van der Waals surface area contributed by atoms with Gasteiger partial charge in [-0.05, 0) is 62.6 Å². The van der Waals surface area contributed by atoms with Gasteiger partial charge in [0.1, 0.15) is 28.9 Å². The molecule has 3 rings (SSSR count). The molecule has 12 nitrogen and oxygen atoms in total. The quantitative estimate of drug-likeness (QED) is 0.0774. The largest absolute Gasteiger partial charge is 0.496 e. The van der Waals surface area contributed by atoms with Crippen LogP contribution in [0.5, 0.6) is 28.7 Å². The summed E-state index contributed by atoms with van der Waals surface area (Å²) in [6, 6.07) is 5.48. The number of carbonyl (C=O) groups excluding carboxylic acids is 1. The third-order valence-corrected chi connectivity index (χ3v) is 8.31. The molecule has 0 radical (unpaired) electrons. The van der Waals surface area contributed by atoms with Crippen molar-refractivity contribution in [1.29, 1.82) is 0 Å². The maximum absolute atomic E-state index is 13.8. The number of Topliss-reactive ketones (excluding diaryl/α,β-unsaturated/α-hetero) is 1. The fraction of sp³-hybridized carbons (Fsp3) is 0.559. The SMILES string of the molecule is COc1cc2c(c(OC)c1CCC(C)(C)N=[N+]=[N-])C(=O)C[C@@H](c1ccc(OC)c(OC)c1CC=C(C)CCCC(C)(C)N=[N+]=[N-])O2. The van der Waals surface area contributed by atoms with Crippen LogP contribution in [0.1, 0.15) is 99.9 Å². The highest BCUT2D eigenvalue weighted by atomic mass is 16.5. The minimum Gasteiger partial charge on any atom is -0.496 e. The van der Waals surface area contributed by atoms with E-state index in [2.05, 4.69) is 33.1 Å². The van der Waals surface area contributed by atoms with Crippen molar-refractivity contribution in [2.75, 3.05) is 28.4 Å². The van der Waals surface area contributed by atoms with Gasteiger partial charge >= 0.3 is 0 Å². The van der Waals surface area contributed by atoms with Crippen molar-refractivity contribution in [2.24, 2.45) is 10.2 Å². The number of nitrogens with zero attached hydrogens (tertiary/aromatic N) is 6. The Bertz CT molecular complexity index is 1550. The summed E-state index contributed by atoms with van der Waals surface area (Å²) in [5, 5.41) is 7.77. The number of fused-ring (bicyclic) bond motifs is 1. The molecule has 46 heavy (non-hydrogen) atoms. The topological polar surface area (TPSA) is 161 Å². The van der Waals surface area contributed by atoms with Gasteiger partial charge in [-0.2, -0.15) is 0 Å². The molecule has 12 heteroatoms. The summed E-state index contributed by atoms with van der Waals surface area (Å²) < 4.78 is 29.5. The first-order valence-electron chi connectivity index (χ1n) is 15.3. The molecule has 0 unspecified atom stereocenters. The number of hydrogen-bond acceptors (Lipinski definition) is 8. The Labute approximate surface area is 271 Å². The van der Waals surface area contributed by atoms with Crippen LogP contribution in [0.2, 0.25) is 0 Å². The fourth-order valence-electron chi connectivity index (χ4n) is 5.76. The zero-order chi connectivity index (χ0) is 34.1. The number of azide groups is 2. The molecule has 2 aromatic carbocycles. The van der Waals surface area contributed by atoms with Gasteiger partial charge < -0.3 is 23.7 Å². The van der Waals surface area contributed by atoms with Gasteiger partial charge in [-0.1, -0.05) is 55.6 Å². The molecular weight excluding hydrogens is 588 g/mol. The summed E-state index contributed by atoms with van der Waals surface area (Å²) >= 11 is 0. The molecular formula is C34H46N6O6. The summed E-state index contributed by atoms with van der Waals surface area (Å²) in [6.07, 6.45) is 5.68. The van der Waals surface area contributed by atoms with Crippen molar-refractivity contribution < 1.29 is 28.5 Å². The molecule has 0 bridgehead atoms. The van der Waals surface area contributed by atoms with E-state index in [0.717, 1.165) is 36.0 Å². The van der Waals surface area contributed by atoms with Crippen molar-refractivity contribution in [1.82, 2.24) is 0 Å². The van der Waals surface area contributed by atoms with Crippen molar-refractivity contribution in [2.45, 2.75) is 96.7 Å². The van der Waals surface area contributed by atoms with Gasteiger partial charge in [0.25, 0.3) is 0 Å². The summed E-state index contributed by atoms with van der Waals surface area (Å²) in [7, 11) is 6.27. The maximum Gasteiger partial charge on any atom is 0.174 e. The molecule has 0 N–H and O–H groups in total. The van der Waals surface area contributed by atoms with Crippen LogP contribution in [-0.4, -0.2) is 45.3 Å². The van der Waals surface area contributed by atoms with E-state index in [1.807, 2.05) is 39.8 Å². The second-order valence-electron chi connectivity index (χ2n) is 12.7. The van der Waals surface area contributed by atoms with E-state index in [1.165, 1.54) is 12.7 Å². The minimum absolute atomic E-state index is 0.0963. The molecule has 0 saturated carbocycles. The van der Waals surface area contributed by atoms with E-state index in [-0.39, 0.29) is 12.2 Å². The first-order chi connectivity index (χ1) is 21.8. The molecule has 1 aliphatic rings. The van der Waals surface area contributed by atoms with Gasteiger partial charge in [0, 0.05) is 43.7 Å². The first kappa shape index (κ1) is 35.9. The number of hydrogen-bond donors (Lipinski definition) is 0. The molecule has 0 amide bonds. The van der Waals surface area contributed by atoms with Crippen LogP contribution in [0.3, 0.4) is 0 Å². The molecule has 248 valence electrons. The average Bonchev–Trinajstić information content (AvgIpc) is 3.01. The smallest absolute Gasteiger partial charge is 0.174 e. The zero-order valence-electron chi connectivity index (χ0n) is 28.5. The van der Waals surface area contributed by atoms with Gasteiger partial charge in [-0.3, -0.25) is 4.79 Å². The highest BCUT2D eigenvalue weighted by Gasteiger charge is 2.35. The summed E-state index contributed by atoms with van der Waals surface area (Å²) in [6.45, 7) is 9.65. The highest BCUT2D eigenvalue weighted by molar-refractivity contribution is 6.03. The minimum atomic E-state index is -0.633. The predicted molar refractivity (Wildman–Crippen MR) is 177 cm³/mol. The van der Waals surface area contributed by atoms with Crippen LogP contribution in [-0.2, 0) is 12.8 Å². The molecule has 0 fully saturated rings. The van der Waals surface area contributed by atoms with Gasteiger partial charge in [0.05, 0.1) is 34.9 Å². The van der Waals surface area contributed by atoms with E-state index in [1.54, 1.807) is 27.4 Å². The monoisotopic (exact) mass is 634 g/mol. The van der Waals surface area contributed by atoms with Gasteiger partial charge in [-0.25, -0.2) is 0 Å². The predicted octanol–water partition coefficient (Wildman–Crippen LogP) is 9.20. The molecule has 0 aliphatic carbocycles. The van der Waals surface area contributed by atoms with Crippen LogP contribution in [0.4, 0.5) is 0 Å². The molecule has 1 aliphatic heterocycles. The number of carbonyl (C=O) groups is 1. The molecule has 0 aromatic heterocycles. The van der Waals surface area contributed by atoms with Gasteiger partial charge in [0.15, 0.2) is 17.3 Å². The number of benzene rings is 2. The number of methoxy groups -OCH3 is 4. The first-order valence-corrected chi connectivity index (χ1v) is 15.3. The fourth-order valence-corrected chi connectivity index (χ4v) is 5.76. The van der Waals surface area contributed by atoms with Crippen LogP contribution in [0.25, 0.3) is 20.9 Å². The molecule has 0 spiro atoms. The third kappa shape index (κ3) is 8.59. The Kier molecular flexibility index (Phi) is 12.2. The maximum atomic E-state index is 13.8. The standard InChI is InChI=1S/C34H46N6O6/c1-21(11-10-17-33(2,3)37-39-35)12-13-23-22(14-15-26(42-6)31(23)44-8)28-19-25(41)30-29(46-28)20-27(43-7)24(32(30)45-9)16-18-34(4,5)38-40-36/h12,14-15,20,28H,10-11,13,16-19H2,1-9H3/t28-/m0/s1. The van der Waals surface area contributed by atoms with Crippen LogP contribution >= 0.6 is 0 Å². The lowest BCUT2D eigenvalue weighted by Crippen LogP contribution is -2.23. The lowest BCUT2D eigenvalue weighted by Gasteiger charge is -2.30. The Morgan fingerprint density at radius 1 is 0.935 bits per heavy atom. The van der Waals surface area contributed by atoms with Crippen LogP contribution in [0.15, 0.2) is 40.1 Å². The Morgan fingerprint density at radius 3 is 2.15 bits per heavy atom. The van der Waals surface area contributed by atoms with E-state index in [9.17, 15) is 4.79 Å². The van der Waals surface area contributed by atoms with Crippen LogP contribution in [0, 0.1) is 0 Å². The third-order valence-electron chi connectivity index (χ3n) is 8.31. The number of ketones is 1. The van der Waals surface area contributed by atoms with Crippen molar-refractivity contribution >= 4 is 5.78 Å². The van der Waals surface area contributed by atoms with Crippen molar-refractivity contribution in [3.63, 3.8) is 0 Å². The second kappa shape index (κ2) is 15.7. The lowest BCUT2D eigenvalue weighted by molar-refractivity contribution is 0.0842. The molecule has 0 saturated heterocycles. The van der Waals surface area contributed by atoms with Crippen LogP contribution < -0.4 is 23.7 Å². The van der Waals surface area contributed by atoms with Gasteiger partial charge in [-0.15, -0.1) is 0 Å². The van der Waals surface area contributed by atoms with Gasteiger partial charge in [0.2, 0.25) is 0 Å². The Morgan fingerprint density at radius 2 is 1.57 bits per heavy atom. The number of rotatable bonds is 16. The Balaban J connectivity index is 1.99. The molecule has 2 aromatic rings. The van der Waals surface area contributed by atoms with E-state index < -0.39 is 17.2 Å². The lowest BCUT2D eigenvalue weighted by atomic mass is 9.88. The van der Waals surface area contributed by atoms with Crippen molar-refractivity contribution in [3.8, 4) is 28.7 Å². The second-order valence-corrected chi connectivity index (χ2v) is 12.7. The summed E-state index contributed by atoms with van der Waals surface area (Å²) in [4.78, 5) is 19.8.